The van der Waals surface area contributed by atoms with E-state index < -0.39 is 46.8 Å². The van der Waals surface area contributed by atoms with Crippen LogP contribution >= 0.6 is 0 Å². The smallest absolute Gasteiger partial charge is 0.421 e. The zero-order valence-corrected chi connectivity index (χ0v) is 22.2. The van der Waals surface area contributed by atoms with Gasteiger partial charge >= 0.3 is 12.1 Å². The predicted octanol–water partition coefficient (Wildman–Crippen LogP) is 5.94. The van der Waals surface area contributed by atoms with Gasteiger partial charge in [-0.2, -0.15) is 28.2 Å². The van der Waals surface area contributed by atoms with E-state index in [4.69, 9.17) is 4.74 Å². The molecule has 0 saturated heterocycles. The van der Waals surface area contributed by atoms with Crippen molar-refractivity contribution in [2.75, 3.05) is 4.90 Å². The van der Waals surface area contributed by atoms with E-state index in [2.05, 4.69) is 22.1 Å². The molecule has 40 heavy (non-hydrogen) atoms. The van der Waals surface area contributed by atoms with Gasteiger partial charge in [0.1, 0.15) is 5.56 Å². The number of benzene rings is 1. The number of aromatic nitrogens is 4. The van der Waals surface area contributed by atoms with E-state index in [0.29, 0.717) is 18.8 Å². The van der Waals surface area contributed by atoms with E-state index in [1.807, 2.05) is 0 Å². The molecule has 0 radical (unpaired) electrons. The summed E-state index contributed by atoms with van der Waals surface area (Å²) >= 11 is 0. The van der Waals surface area contributed by atoms with Gasteiger partial charge in [-0.05, 0) is 57.1 Å². The molecule has 1 fully saturated rings. The molecule has 0 unspecified atom stereocenters. The van der Waals surface area contributed by atoms with E-state index in [1.54, 1.807) is 13.8 Å². The average molecular weight is 564 g/mol. The zero-order valence-electron chi connectivity index (χ0n) is 22.2. The summed E-state index contributed by atoms with van der Waals surface area (Å²) in [4.78, 5) is 31.8. The molecule has 13 heteroatoms. The van der Waals surface area contributed by atoms with Crippen molar-refractivity contribution < 1.29 is 37.0 Å². The minimum atomic E-state index is -4.92. The van der Waals surface area contributed by atoms with Crippen molar-refractivity contribution in [2.45, 2.75) is 65.2 Å². The number of ether oxygens (including phenoxy) is 1. The van der Waals surface area contributed by atoms with Gasteiger partial charge in [-0.3, -0.25) is 4.79 Å². The van der Waals surface area contributed by atoms with Crippen LogP contribution in [0, 0.1) is 17.7 Å². The van der Waals surface area contributed by atoms with Crippen LogP contribution in [0.5, 0.6) is 11.6 Å². The minimum absolute atomic E-state index is 0.103. The number of pyridine rings is 1. The van der Waals surface area contributed by atoms with E-state index in [9.17, 15) is 27.9 Å². The molecule has 1 N–H and O–H groups in total. The molecule has 1 aromatic carbocycles. The van der Waals surface area contributed by atoms with E-state index in [-0.39, 0.29) is 29.6 Å². The van der Waals surface area contributed by atoms with Crippen LogP contribution in [-0.2, 0) is 17.5 Å². The summed E-state index contributed by atoms with van der Waals surface area (Å²) in [6, 6.07) is 1.86. The van der Waals surface area contributed by atoms with Crippen LogP contribution in [0.1, 0.15) is 67.9 Å². The van der Waals surface area contributed by atoms with Crippen LogP contribution in [0.4, 0.5) is 23.2 Å². The number of hydrogen-bond acceptors (Lipinski definition) is 6. The second-order valence-corrected chi connectivity index (χ2v) is 10.2. The van der Waals surface area contributed by atoms with Crippen molar-refractivity contribution >= 4 is 17.6 Å². The number of halogens is 4. The number of carbonyl (C=O) groups excluding carboxylic acids is 1. The van der Waals surface area contributed by atoms with Gasteiger partial charge in [-0.25, -0.2) is 14.2 Å². The van der Waals surface area contributed by atoms with Gasteiger partial charge < -0.3 is 14.7 Å². The lowest BCUT2D eigenvalue weighted by atomic mass is 9.82. The van der Waals surface area contributed by atoms with Gasteiger partial charge in [0.05, 0.1) is 30.2 Å². The van der Waals surface area contributed by atoms with Gasteiger partial charge in [-0.1, -0.05) is 6.92 Å². The van der Waals surface area contributed by atoms with Crippen molar-refractivity contribution in [1.82, 2.24) is 20.0 Å². The second-order valence-electron chi connectivity index (χ2n) is 10.2. The zero-order chi connectivity index (χ0) is 29.2. The maximum atomic E-state index is 15.3. The third kappa shape index (κ3) is 6.40. The summed E-state index contributed by atoms with van der Waals surface area (Å²) < 4.78 is 62.2. The summed E-state index contributed by atoms with van der Waals surface area (Å²) in [6.45, 7) is 5.35. The highest BCUT2D eigenvalue weighted by atomic mass is 19.4. The minimum Gasteiger partial charge on any atom is -0.478 e. The summed E-state index contributed by atoms with van der Waals surface area (Å²) in [5.41, 5.74) is -1.86. The maximum absolute atomic E-state index is 15.3. The lowest BCUT2D eigenvalue weighted by Gasteiger charge is -2.34. The Morgan fingerprint density at radius 2 is 1.77 bits per heavy atom. The fraction of sp³-hybridized carbons (Fsp3) is 0.444. The Hall–Kier alpha value is -4.03. The van der Waals surface area contributed by atoms with Crippen molar-refractivity contribution in [2.24, 2.45) is 11.8 Å². The van der Waals surface area contributed by atoms with Gasteiger partial charge in [-0.15, -0.1) is 0 Å². The first kappa shape index (κ1) is 29.0. The molecular formula is C27H29F4N5O4. The number of hydrogen-bond donors (Lipinski definition) is 1. The predicted molar refractivity (Wildman–Crippen MR) is 136 cm³/mol. The van der Waals surface area contributed by atoms with Crippen LogP contribution in [0.2, 0.25) is 0 Å². The van der Waals surface area contributed by atoms with Crippen molar-refractivity contribution in [3.05, 3.63) is 59.3 Å². The topological polar surface area (TPSA) is 110 Å². The third-order valence-electron chi connectivity index (χ3n) is 6.87. The first-order valence-corrected chi connectivity index (χ1v) is 12.8. The number of carbonyl (C=O) groups is 2. The second kappa shape index (κ2) is 11.6. The largest absolute Gasteiger partial charge is 0.478 e. The quantitative estimate of drug-likeness (QED) is 0.338. The molecule has 4 rings (SSSR count). The highest BCUT2D eigenvalue weighted by Gasteiger charge is 2.37. The normalized spacial score (nSPS) is 17.6. The first-order valence-electron chi connectivity index (χ1n) is 12.8. The number of rotatable bonds is 8. The summed E-state index contributed by atoms with van der Waals surface area (Å²) in [5.74, 6) is -4.55. The van der Waals surface area contributed by atoms with Crippen molar-refractivity contribution in [3.63, 3.8) is 0 Å². The Kier molecular flexibility index (Phi) is 8.40. The molecule has 214 valence electrons. The van der Waals surface area contributed by atoms with Crippen LogP contribution in [0.15, 0.2) is 36.8 Å². The number of carboxylic acids is 1. The number of carboxylic acid groups (broad SMARTS) is 1. The molecule has 0 aliphatic heterocycles. The number of alkyl halides is 3. The van der Waals surface area contributed by atoms with E-state index >= 15 is 4.39 Å². The molecule has 0 bridgehead atoms. The van der Waals surface area contributed by atoms with Crippen LogP contribution in [0.3, 0.4) is 0 Å². The Morgan fingerprint density at radius 3 is 2.35 bits per heavy atom. The molecule has 2 heterocycles. The molecule has 2 aromatic heterocycles. The molecule has 9 nitrogen and oxygen atoms in total. The Bertz CT molecular complexity index is 1370. The standard InChI is InChI=1S/C27H29F4N5O4/c1-15(2)36(25(37)18-6-4-16(3)5-7-18)22-12-21(28)23(11-19(22)26(38)39)40-24-20(27(29,30)31)10-17(13-32-24)14-35-33-8-9-34-35/h8-13,15-16,18H,4-7,14H2,1-3H3,(H,38,39). The molecule has 1 aliphatic rings. The lowest BCUT2D eigenvalue weighted by molar-refractivity contribution is -0.139. The number of amides is 1. The van der Waals surface area contributed by atoms with Crippen LogP contribution in [-0.4, -0.2) is 43.0 Å². The summed E-state index contributed by atoms with van der Waals surface area (Å²) in [5, 5.41) is 17.6. The van der Waals surface area contributed by atoms with Gasteiger partial charge in [0.2, 0.25) is 11.8 Å². The van der Waals surface area contributed by atoms with E-state index in [1.165, 1.54) is 17.3 Å². The first-order chi connectivity index (χ1) is 18.8. The summed E-state index contributed by atoms with van der Waals surface area (Å²) in [6.07, 6.45) is 1.88. The van der Waals surface area contributed by atoms with Crippen molar-refractivity contribution in [1.29, 1.82) is 0 Å². The molecule has 0 atom stereocenters. The Labute approximate surface area is 227 Å². The molecule has 1 amide bonds. The molecular weight excluding hydrogens is 534 g/mol. The highest BCUT2D eigenvalue weighted by Crippen LogP contribution is 2.40. The van der Waals surface area contributed by atoms with Gasteiger partial charge in [0.15, 0.2) is 11.6 Å². The number of anilines is 1. The van der Waals surface area contributed by atoms with E-state index in [0.717, 1.165) is 42.0 Å². The number of aromatic carboxylic acids is 1. The fourth-order valence-electron chi connectivity index (χ4n) is 4.81. The highest BCUT2D eigenvalue weighted by molar-refractivity contribution is 6.03. The SMILES string of the molecule is CC1CCC(C(=O)N(c2cc(F)c(Oc3ncc(Cn4nccn4)cc3C(F)(F)F)cc2C(=O)O)C(C)C)CC1. The molecule has 3 aromatic rings. The molecule has 1 aliphatic carbocycles. The molecule has 1 saturated carbocycles. The number of nitrogens with zero attached hydrogens (tertiary/aromatic N) is 5. The lowest BCUT2D eigenvalue weighted by Crippen LogP contribution is -2.43. The van der Waals surface area contributed by atoms with Crippen LogP contribution in [0.25, 0.3) is 0 Å². The molecule has 0 spiro atoms. The summed E-state index contributed by atoms with van der Waals surface area (Å²) in [7, 11) is 0. The van der Waals surface area contributed by atoms with Crippen molar-refractivity contribution in [3.8, 4) is 11.6 Å². The maximum Gasteiger partial charge on any atom is 0.421 e. The Morgan fingerprint density at radius 1 is 1.12 bits per heavy atom. The third-order valence-corrected chi connectivity index (χ3v) is 6.87. The van der Waals surface area contributed by atoms with Crippen LogP contribution < -0.4 is 9.64 Å². The van der Waals surface area contributed by atoms with Gasteiger partial charge in [0, 0.05) is 30.3 Å². The monoisotopic (exact) mass is 563 g/mol. The fourth-order valence-corrected chi connectivity index (χ4v) is 4.81. The van der Waals surface area contributed by atoms with Gasteiger partial charge in [0.25, 0.3) is 0 Å². The average Bonchev–Trinajstić information content (AvgIpc) is 3.39. The Balaban J connectivity index is 1.70.